The van der Waals surface area contributed by atoms with Gasteiger partial charge in [-0.3, -0.25) is 4.90 Å². The highest BCUT2D eigenvalue weighted by Crippen LogP contribution is 2.40. The minimum Gasteiger partial charge on any atom is -0.494 e. The lowest BCUT2D eigenvalue weighted by Crippen LogP contribution is -2.52. The Kier molecular flexibility index (Phi) is 7.89. The highest BCUT2D eigenvalue weighted by Gasteiger charge is 2.27. The summed E-state index contributed by atoms with van der Waals surface area (Å²) in [6.45, 7) is 10.2. The minimum atomic E-state index is -2.70. The van der Waals surface area contributed by atoms with Crippen LogP contribution in [0.4, 0.5) is 28.8 Å². The minimum absolute atomic E-state index is 0.408. The van der Waals surface area contributed by atoms with Gasteiger partial charge in [0.15, 0.2) is 0 Å². The van der Waals surface area contributed by atoms with Crippen LogP contribution in [-0.4, -0.2) is 107 Å². The summed E-state index contributed by atoms with van der Waals surface area (Å²) in [5.74, 6) is 1.72. The van der Waals surface area contributed by atoms with Gasteiger partial charge in [0, 0.05) is 81.9 Å². The van der Waals surface area contributed by atoms with Crippen molar-refractivity contribution in [1.29, 1.82) is 0 Å². The quantitative estimate of drug-likeness (QED) is 0.211. The van der Waals surface area contributed by atoms with E-state index in [1.807, 2.05) is 41.2 Å². The first-order valence-electron chi connectivity index (χ1n) is 15.5. The fourth-order valence-electron chi connectivity index (χ4n) is 6.60. The molecule has 0 bridgehead atoms. The predicted molar refractivity (Wildman–Crippen MR) is 182 cm³/mol. The summed E-state index contributed by atoms with van der Waals surface area (Å²) >= 11 is 0. The van der Waals surface area contributed by atoms with Crippen molar-refractivity contribution >= 4 is 58.0 Å². The first-order valence-corrected chi connectivity index (χ1v) is 18.1. The molecule has 0 atom stereocenters. The Hall–Kier alpha value is -4.12. The van der Waals surface area contributed by atoms with E-state index in [9.17, 15) is 4.57 Å². The van der Waals surface area contributed by atoms with Gasteiger partial charge in [0.1, 0.15) is 30.0 Å². The number of anilines is 5. The maximum absolute atomic E-state index is 13.4. The maximum Gasteiger partial charge on any atom is 0.231 e. The summed E-state index contributed by atoms with van der Waals surface area (Å²) in [6.07, 6.45) is 9.65. The average molecular weight is 629 g/mol. The number of imidazole rings is 1. The zero-order valence-corrected chi connectivity index (χ0v) is 27.2. The second kappa shape index (κ2) is 12.0. The third-order valence-electron chi connectivity index (χ3n) is 9.06. The van der Waals surface area contributed by atoms with E-state index in [0.717, 1.165) is 48.7 Å². The molecule has 2 aliphatic heterocycles. The van der Waals surface area contributed by atoms with Crippen molar-refractivity contribution < 1.29 is 9.30 Å². The van der Waals surface area contributed by atoms with Gasteiger partial charge in [-0.25, -0.2) is 4.98 Å². The number of piperazine rings is 1. The van der Waals surface area contributed by atoms with Crippen LogP contribution in [0.5, 0.6) is 5.75 Å². The second-order valence-electron chi connectivity index (χ2n) is 12.4. The van der Waals surface area contributed by atoms with Crippen LogP contribution in [0.2, 0.25) is 0 Å². The molecule has 0 amide bonds. The Morgan fingerprint density at radius 2 is 1.76 bits per heavy atom. The van der Waals surface area contributed by atoms with E-state index in [4.69, 9.17) is 14.7 Å². The van der Waals surface area contributed by atoms with Crippen LogP contribution in [0.3, 0.4) is 0 Å². The lowest BCUT2D eigenvalue weighted by molar-refractivity contribution is 0.0982. The number of rotatable bonds is 8. The summed E-state index contributed by atoms with van der Waals surface area (Å²) in [4.78, 5) is 24.8. The molecule has 0 spiro atoms. The van der Waals surface area contributed by atoms with E-state index in [2.05, 4.69) is 54.5 Å². The van der Waals surface area contributed by atoms with Crippen LogP contribution in [0.25, 0.3) is 16.7 Å². The summed E-state index contributed by atoms with van der Waals surface area (Å²) in [5, 5.41) is 8.32. The number of aromatic nitrogens is 5. The molecule has 2 saturated heterocycles. The molecule has 0 unspecified atom stereocenters. The number of H-pyrrole nitrogens is 1. The molecule has 4 aromatic heterocycles. The van der Waals surface area contributed by atoms with Crippen LogP contribution in [0.1, 0.15) is 12.8 Å². The molecule has 0 aliphatic carbocycles. The number of hydrogen-bond donors (Lipinski definition) is 3. The van der Waals surface area contributed by atoms with Gasteiger partial charge in [0.2, 0.25) is 5.95 Å². The number of piperidine rings is 1. The van der Waals surface area contributed by atoms with Gasteiger partial charge < -0.3 is 39.1 Å². The van der Waals surface area contributed by atoms with Gasteiger partial charge in [-0.1, -0.05) is 0 Å². The fraction of sp³-hybridized carbons (Fsp3) is 0.406. The molecule has 12 nitrogen and oxygen atoms in total. The van der Waals surface area contributed by atoms with Gasteiger partial charge in [-0.05, 0) is 57.5 Å². The second-order valence-corrected chi connectivity index (χ2v) is 15.6. The molecule has 0 saturated carbocycles. The third-order valence-corrected chi connectivity index (χ3v) is 10.6. The van der Waals surface area contributed by atoms with E-state index in [1.165, 1.54) is 25.9 Å². The number of likely N-dealkylation sites (N-methyl/N-ethyl adjacent to an activating group) is 1. The Labute approximate surface area is 263 Å². The lowest BCUT2D eigenvalue weighted by atomic mass is 10.0. The number of nitrogens with one attached hydrogen (secondary N) is 3. The van der Waals surface area contributed by atoms with Gasteiger partial charge in [-0.15, -0.1) is 0 Å². The first-order chi connectivity index (χ1) is 21.8. The summed E-state index contributed by atoms with van der Waals surface area (Å²) in [7, 11) is 1.20. The molecule has 13 heteroatoms. The maximum atomic E-state index is 13.4. The number of benzene rings is 1. The van der Waals surface area contributed by atoms with Crippen LogP contribution >= 0.6 is 7.14 Å². The SMILES string of the molecule is COc1cc(N2CCC(N3CCN(C)CC3)CC2)ccc1Nc1nc(Nc2ccn3ccnc3c2P(C)(C)=O)c2cc[nH]c2n1. The van der Waals surface area contributed by atoms with Crippen molar-refractivity contribution in [1.82, 2.24) is 34.1 Å². The normalized spacial score (nSPS) is 17.3. The molecule has 2 fully saturated rings. The predicted octanol–water partition coefficient (Wildman–Crippen LogP) is 4.57. The number of pyridine rings is 1. The zero-order valence-electron chi connectivity index (χ0n) is 26.3. The average Bonchev–Trinajstić information content (AvgIpc) is 3.71. The summed E-state index contributed by atoms with van der Waals surface area (Å²) in [5.41, 5.74) is 3.97. The standard InChI is InChI=1S/C32H41N10O2P/c1-39-17-19-41(20-18-39)22-8-13-40(14-9-22)23-5-6-25(27(21-23)44-2)36-32-37-29-24(7-11-33-29)30(38-32)35-26-10-15-42-16-12-34-31(42)28(26)45(3,4)43/h5-7,10-12,15-16,21-22H,8-9,13-14,17-20H2,1-4H3,(H3,33,35,36,37,38). The highest BCUT2D eigenvalue weighted by atomic mass is 31.2. The Bertz CT molecular complexity index is 1860. The summed E-state index contributed by atoms with van der Waals surface area (Å²) < 4.78 is 21.1. The highest BCUT2D eigenvalue weighted by molar-refractivity contribution is 7.70. The van der Waals surface area contributed by atoms with Crippen LogP contribution < -0.4 is 25.6 Å². The van der Waals surface area contributed by atoms with Crippen LogP contribution in [0, 0.1) is 0 Å². The zero-order chi connectivity index (χ0) is 31.1. The van der Waals surface area contributed by atoms with Crippen molar-refractivity contribution in [2.45, 2.75) is 18.9 Å². The van der Waals surface area contributed by atoms with Crippen molar-refractivity contribution in [3.05, 3.63) is 55.1 Å². The van der Waals surface area contributed by atoms with Gasteiger partial charge in [-0.2, -0.15) is 9.97 Å². The lowest BCUT2D eigenvalue weighted by Gasteiger charge is -2.42. The van der Waals surface area contributed by atoms with Crippen LogP contribution in [0.15, 0.2) is 55.1 Å². The van der Waals surface area contributed by atoms with Crippen molar-refractivity contribution in [3.63, 3.8) is 0 Å². The number of hydrogen-bond acceptors (Lipinski definition) is 10. The number of aromatic amines is 1. The largest absolute Gasteiger partial charge is 0.494 e. The van der Waals surface area contributed by atoms with E-state index in [0.29, 0.717) is 40.1 Å². The Morgan fingerprint density at radius 1 is 0.956 bits per heavy atom. The van der Waals surface area contributed by atoms with Gasteiger partial charge in [0.25, 0.3) is 0 Å². The van der Waals surface area contributed by atoms with E-state index >= 15 is 0 Å². The Morgan fingerprint density at radius 3 is 2.51 bits per heavy atom. The van der Waals surface area contributed by atoms with Crippen molar-refractivity contribution in [3.8, 4) is 5.75 Å². The summed E-state index contributed by atoms with van der Waals surface area (Å²) in [6, 6.07) is 10.8. The number of methoxy groups -OCH3 is 1. The number of nitrogens with zero attached hydrogens (tertiary/aromatic N) is 7. The van der Waals surface area contributed by atoms with Crippen LogP contribution in [-0.2, 0) is 4.57 Å². The molecule has 3 N–H and O–H groups in total. The van der Waals surface area contributed by atoms with Crippen molar-refractivity contribution in [2.24, 2.45) is 0 Å². The molecule has 0 radical (unpaired) electrons. The molecule has 236 valence electrons. The smallest absolute Gasteiger partial charge is 0.231 e. The molecule has 1 aromatic carbocycles. The first kappa shape index (κ1) is 29.6. The van der Waals surface area contributed by atoms with E-state index in [-0.39, 0.29) is 0 Å². The van der Waals surface area contributed by atoms with Gasteiger partial charge in [0.05, 0.1) is 29.2 Å². The molecule has 6 heterocycles. The third kappa shape index (κ3) is 5.97. The van der Waals surface area contributed by atoms with Gasteiger partial charge >= 0.3 is 0 Å². The molecular formula is C32H41N10O2P. The molecule has 5 aromatic rings. The number of fused-ring (bicyclic) bond motifs is 2. The monoisotopic (exact) mass is 628 g/mol. The fourth-order valence-corrected chi connectivity index (χ4v) is 7.96. The molecular weight excluding hydrogens is 587 g/mol. The van der Waals surface area contributed by atoms with E-state index in [1.54, 1.807) is 26.6 Å². The van der Waals surface area contributed by atoms with Crippen molar-refractivity contribution in [2.75, 3.05) is 82.3 Å². The molecule has 2 aliphatic rings. The topological polar surface area (TPSA) is 119 Å². The van der Waals surface area contributed by atoms with E-state index < -0.39 is 7.14 Å². The number of ether oxygens (including phenoxy) is 1. The molecule has 7 rings (SSSR count). The molecule has 45 heavy (non-hydrogen) atoms. The Balaban J connectivity index is 1.12.